The van der Waals surface area contributed by atoms with E-state index in [-0.39, 0.29) is 12.0 Å². The normalized spacial score (nSPS) is 10.3. The number of nitrogens with zero attached hydrogens (tertiary/aromatic N) is 3. The summed E-state index contributed by atoms with van der Waals surface area (Å²) in [5.41, 5.74) is 0. The van der Waals surface area contributed by atoms with Gasteiger partial charge in [-0.1, -0.05) is 0 Å². The van der Waals surface area contributed by atoms with Crippen LogP contribution in [0.5, 0.6) is 12.0 Å². The highest BCUT2D eigenvalue weighted by molar-refractivity contribution is 5.26. The minimum atomic E-state index is 0.240. The van der Waals surface area contributed by atoms with E-state index in [0.717, 1.165) is 6.42 Å². The van der Waals surface area contributed by atoms with Crippen LogP contribution in [0.15, 0.2) is 0 Å². The van der Waals surface area contributed by atoms with Crippen LogP contribution in [0.2, 0.25) is 0 Å². The topological polar surface area (TPSA) is 87.6 Å². The molecule has 0 unspecified atom stereocenters. The monoisotopic (exact) mass is 286 g/mol. The minimum absolute atomic E-state index is 0.240. The Morgan fingerprint density at radius 3 is 2.35 bits per heavy atom. The quantitative estimate of drug-likeness (QED) is 0.596. The number of ether oxygens (including phenoxy) is 4. The third-order valence-corrected chi connectivity index (χ3v) is 2.19. The van der Waals surface area contributed by atoms with Crippen molar-refractivity contribution in [2.45, 2.75) is 13.3 Å². The van der Waals surface area contributed by atoms with Crippen LogP contribution in [-0.2, 0) is 9.47 Å². The number of hydrogen-bond acceptors (Lipinski definition) is 8. The maximum atomic E-state index is 5.45. The van der Waals surface area contributed by atoms with E-state index in [1.54, 1.807) is 14.2 Å². The summed E-state index contributed by atoms with van der Waals surface area (Å²) in [7, 11) is 3.36. The molecule has 1 aromatic rings. The predicted octanol–water partition coefficient (Wildman–Crippen LogP) is 0.744. The van der Waals surface area contributed by atoms with E-state index in [2.05, 4.69) is 20.3 Å². The summed E-state index contributed by atoms with van der Waals surface area (Å²) in [6, 6.07) is 0.489. The summed E-state index contributed by atoms with van der Waals surface area (Å²) in [4.78, 5) is 12.2. The van der Waals surface area contributed by atoms with Gasteiger partial charge in [-0.2, -0.15) is 9.97 Å². The van der Waals surface area contributed by atoms with E-state index in [4.69, 9.17) is 18.9 Å². The second-order valence-corrected chi connectivity index (χ2v) is 3.71. The van der Waals surface area contributed by atoms with Crippen LogP contribution in [-0.4, -0.2) is 62.1 Å². The Balaban J connectivity index is 2.33. The SMILES string of the molecule is CCOc1nc(NC)nc(OCCCOCCOC)n1. The number of hydrogen-bond donors (Lipinski definition) is 1. The van der Waals surface area contributed by atoms with Crippen molar-refractivity contribution in [1.29, 1.82) is 0 Å². The molecule has 0 aliphatic carbocycles. The lowest BCUT2D eigenvalue weighted by molar-refractivity contribution is 0.0638. The number of aromatic nitrogens is 3. The predicted molar refractivity (Wildman–Crippen MR) is 73.3 cm³/mol. The fraction of sp³-hybridized carbons (Fsp3) is 0.750. The molecule has 0 amide bonds. The molecule has 1 rings (SSSR count). The molecule has 20 heavy (non-hydrogen) atoms. The van der Waals surface area contributed by atoms with Gasteiger partial charge in [-0.15, -0.1) is 4.98 Å². The molecule has 0 aromatic carbocycles. The molecule has 0 saturated heterocycles. The number of anilines is 1. The summed E-state index contributed by atoms with van der Waals surface area (Å²) < 4.78 is 20.9. The first-order valence-electron chi connectivity index (χ1n) is 6.56. The fourth-order valence-electron chi connectivity index (χ4n) is 1.28. The Kier molecular flexibility index (Phi) is 8.32. The van der Waals surface area contributed by atoms with Gasteiger partial charge in [0.2, 0.25) is 5.95 Å². The lowest BCUT2D eigenvalue weighted by Gasteiger charge is -2.08. The van der Waals surface area contributed by atoms with Crippen LogP contribution in [0.4, 0.5) is 5.95 Å². The van der Waals surface area contributed by atoms with Gasteiger partial charge in [0.05, 0.1) is 26.4 Å². The summed E-state index contributed by atoms with van der Waals surface area (Å²) in [5, 5.41) is 2.83. The Bertz CT molecular complexity index is 378. The average Bonchev–Trinajstić information content (AvgIpc) is 2.46. The zero-order chi connectivity index (χ0) is 14.6. The van der Waals surface area contributed by atoms with E-state index >= 15 is 0 Å². The van der Waals surface area contributed by atoms with Crippen LogP contribution < -0.4 is 14.8 Å². The molecule has 0 atom stereocenters. The maximum Gasteiger partial charge on any atom is 0.324 e. The molecule has 0 spiro atoms. The van der Waals surface area contributed by atoms with Gasteiger partial charge in [-0.3, -0.25) is 0 Å². The molecule has 1 heterocycles. The Morgan fingerprint density at radius 1 is 0.950 bits per heavy atom. The second-order valence-electron chi connectivity index (χ2n) is 3.71. The molecule has 0 fully saturated rings. The molecular formula is C12H22N4O4. The lowest BCUT2D eigenvalue weighted by Crippen LogP contribution is -2.10. The van der Waals surface area contributed by atoms with E-state index in [9.17, 15) is 0 Å². The van der Waals surface area contributed by atoms with Crippen LogP contribution in [0.3, 0.4) is 0 Å². The van der Waals surface area contributed by atoms with Crippen molar-refractivity contribution < 1.29 is 18.9 Å². The summed E-state index contributed by atoms with van der Waals surface area (Å²) >= 11 is 0. The molecule has 114 valence electrons. The van der Waals surface area contributed by atoms with Crippen molar-refractivity contribution in [1.82, 2.24) is 15.0 Å². The van der Waals surface area contributed by atoms with Crippen LogP contribution in [0.25, 0.3) is 0 Å². The summed E-state index contributed by atoms with van der Waals surface area (Å²) in [6.07, 6.45) is 0.744. The molecule has 0 saturated carbocycles. The van der Waals surface area contributed by atoms with Crippen molar-refractivity contribution in [2.75, 3.05) is 52.5 Å². The van der Waals surface area contributed by atoms with E-state index in [1.165, 1.54) is 0 Å². The molecule has 0 aliphatic heterocycles. The first-order chi connectivity index (χ1) is 9.80. The van der Waals surface area contributed by atoms with E-state index in [1.807, 2.05) is 6.92 Å². The molecule has 1 N–H and O–H groups in total. The number of rotatable bonds is 11. The Morgan fingerprint density at radius 2 is 1.70 bits per heavy atom. The first kappa shape index (κ1) is 16.4. The van der Waals surface area contributed by atoms with Crippen LogP contribution >= 0.6 is 0 Å². The molecule has 0 bridgehead atoms. The Labute approximate surface area is 118 Å². The minimum Gasteiger partial charge on any atom is -0.464 e. The van der Waals surface area contributed by atoms with Gasteiger partial charge in [-0.05, 0) is 6.92 Å². The van der Waals surface area contributed by atoms with E-state index in [0.29, 0.717) is 39.0 Å². The average molecular weight is 286 g/mol. The molecule has 1 aromatic heterocycles. The number of nitrogens with one attached hydrogen (secondary N) is 1. The van der Waals surface area contributed by atoms with Crippen molar-refractivity contribution in [3.05, 3.63) is 0 Å². The van der Waals surface area contributed by atoms with Gasteiger partial charge < -0.3 is 24.3 Å². The van der Waals surface area contributed by atoms with Gasteiger partial charge in [0.15, 0.2) is 0 Å². The molecule has 8 nitrogen and oxygen atoms in total. The van der Waals surface area contributed by atoms with Gasteiger partial charge >= 0.3 is 12.0 Å². The van der Waals surface area contributed by atoms with Crippen molar-refractivity contribution >= 4 is 5.95 Å². The summed E-state index contributed by atoms with van der Waals surface area (Å²) in [6.45, 7) is 4.59. The maximum absolute atomic E-state index is 5.45. The standard InChI is InChI=1S/C12H22N4O4/c1-4-19-11-14-10(13-2)15-12(16-11)20-7-5-6-18-9-8-17-3/h4-9H2,1-3H3,(H,13,14,15,16). The van der Waals surface area contributed by atoms with Crippen molar-refractivity contribution in [2.24, 2.45) is 0 Å². The highest BCUT2D eigenvalue weighted by atomic mass is 16.5. The lowest BCUT2D eigenvalue weighted by atomic mass is 10.5. The molecule has 8 heteroatoms. The third kappa shape index (κ3) is 6.48. The highest BCUT2D eigenvalue weighted by Crippen LogP contribution is 2.12. The van der Waals surface area contributed by atoms with Crippen molar-refractivity contribution in [3.63, 3.8) is 0 Å². The number of methoxy groups -OCH3 is 1. The zero-order valence-corrected chi connectivity index (χ0v) is 12.2. The van der Waals surface area contributed by atoms with Gasteiger partial charge in [0.1, 0.15) is 0 Å². The first-order valence-corrected chi connectivity index (χ1v) is 6.56. The molecular weight excluding hydrogens is 264 g/mol. The van der Waals surface area contributed by atoms with Gasteiger partial charge in [0, 0.05) is 27.2 Å². The van der Waals surface area contributed by atoms with Crippen LogP contribution in [0.1, 0.15) is 13.3 Å². The largest absolute Gasteiger partial charge is 0.464 e. The molecule has 0 aliphatic rings. The fourth-order valence-corrected chi connectivity index (χ4v) is 1.28. The Hall–Kier alpha value is -1.67. The summed E-state index contributed by atoms with van der Waals surface area (Å²) in [5.74, 6) is 0.412. The smallest absolute Gasteiger partial charge is 0.324 e. The van der Waals surface area contributed by atoms with Crippen molar-refractivity contribution in [3.8, 4) is 12.0 Å². The second kappa shape index (κ2) is 10.2. The van der Waals surface area contributed by atoms with Crippen LogP contribution in [0, 0.1) is 0 Å². The third-order valence-electron chi connectivity index (χ3n) is 2.19. The van der Waals surface area contributed by atoms with Gasteiger partial charge in [-0.25, -0.2) is 0 Å². The highest BCUT2D eigenvalue weighted by Gasteiger charge is 2.07. The van der Waals surface area contributed by atoms with E-state index < -0.39 is 0 Å². The van der Waals surface area contributed by atoms with Gasteiger partial charge in [0.25, 0.3) is 0 Å². The zero-order valence-electron chi connectivity index (χ0n) is 12.2. The molecule has 0 radical (unpaired) electrons.